The first-order chi connectivity index (χ1) is 10.6. The van der Waals surface area contributed by atoms with Crippen LogP contribution in [0.25, 0.3) is 0 Å². The number of unbranched alkanes of at least 4 members (excludes halogenated alkanes) is 3. The quantitative estimate of drug-likeness (QED) is 0.445. The monoisotopic (exact) mass is 420 g/mol. The van der Waals surface area contributed by atoms with Crippen molar-refractivity contribution in [2.45, 2.75) is 79.0 Å². The third-order valence-corrected chi connectivity index (χ3v) is 19.0. The van der Waals surface area contributed by atoms with Gasteiger partial charge in [0.15, 0.2) is 0 Å². The predicted molar refractivity (Wildman–Crippen MR) is 91.5 cm³/mol. The van der Waals surface area contributed by atoms with Crippen LogP contribution in [0.3, 0.4) is 0 Å². The first-order valence-electron chi connectivity index (χ1n) is 8.71. The van der Waals surface area contributed by atoms with E-state index in [0.29, 0.717) is 0 Å². The van der Waals surface area contributed by atoms with E-state index in [2.05, 4.69) is 30.7 Å². The molecule has 0 aliphatic carbocycles. The molecule has 0 radical (unpaired) electrons. The van der Waals surface area contributed by atoms with Gasteiger partial charge in [0.1, 0.15) is 0 Å². The molecule has 126 valence electrons. The molecular weight excluding hydrogens is 389 g/mol. The Labute approximate surface area is 138 Å². The summed E-state index contributed by atoms with van der Waals surface area (Å²) in [5.74, 6) is 0. The summed E-state index contributed by atoms with van der Waals surface area (Å²) in [4.78, 5) is 8.84. The Bertz CT molecular complexity index is 405. The SMILES string of the molecule is CCC[CH2][Sn]([CH2]CCC)([CH2]CCC)[c]1nccc(C(F)F)n1. The van der Waals surface area contributed by atoms with Crippen molar-refractivity contribution in [3.8, 4) is 0 Å². The van der Waals surface area contributed by atoms with E-state index in [1.807, 2.05) is 0 Å². The fourth-order valence-corrected chi connectivity index (χ4v) is 17.9. The van der Waals surface area contributed by atoms with Gasteiger partial charge in [-0.3, -0.25) is 0 Å². The average molecular weight is 419 g/mol. The maximum absolute atomic E-state index is 13.0. The van der Waals surface area contributed by atoms with E-state index in [1.54, 1.807) is 6.20 Å². The van der Waals surface area contributed by atoms with Crippen LogP contribution >= 0.6 is 0 Å². The van der Waals surface area contributed by atoms with Crippen LogP contribution in [0.2, 0.25) is 13.3 Å². The molecule has 0 aromatic carbocycles. The zero-order valence-electron chi connectivity index (χ0n) is 14.2. The van der Waals surface area contributed by atoms with Crippen LogP contribution in [0.4, 0.5) is 8.78 Å². The summed E-state index contributed by atoms with van der Waals surface area (Å²) in [5, 5.41) is 0. The van der Waals surface area contributed by atoms with Gasteiger partial charge in [-0.25, -0.2) is 0 Å². The van der Waals surface area contributed by atoms with Crippen LogP contribution in [0, 0.1) is 0 Å². The van der Waals surface area contributed by atoms with Crippen LogP contribution in [0.5, 0.6) is 0 Å². The molecule has 1 aromatic heterocycles. The Hall–Kier alpha value is -0.261. The predicted octanol–water partition coefficient (Wildman–Crippen LogP) is 5.47. The number of hydrogen-bond donors (Lipinski definition) is 0. The van der Waals surface area contributed by atoms with Crippen LogP contribution < -0.4 is 3.84 Å². The Kier molecular flexibility index (Phi) is 9.44. The van der Waals surface area contributed by atoms with E-state index in [4.69, 9.17) is 0 Å². The van der Waals surface area contributed by atoms with Crippen molar-refractivity contribution in [2.24, 2.45) is 0 Å². The normalized spacial score (nSPS) is 12.1. The molecule has 0 saturated heterocycles. The molecule has 0 spiro atoms. The Balaban J connectivity index is 3.15. The fraction of sp³-hybridized carbons (Fsp3) is 0.765. The summed E-state index contributed by atoms with van der Waals surface area (Å²) in [7, 11) is 0. The molecule has 0 aliphatic heterocycles. The number of halogens is 2. The van der Waals surface area contributed by atoms with Gasteiger partial charge in [0.25, 0.3) is 0 Å². The molecule has 2 nitrogen and oxygen atoms in total. The first kappa shape index (κ1) is 19.8. The van der Waals surface area contributed by atoms with Crippen molar-refractivity contribution in [2.75, 3.05) is 0 Å². The molecule has 0 fully saturated rings. The van der Waals surface area contributed by atoms with Crippen molar-refractivity contribution >= 4 is 22.2 Å². The second kappa shape index (κ2) is 10.5. The molecule has 1 heterocycles. The van der Waals surface area contributed by atoms with E-state index in [9.17, 15) is 8.78 Å². The van der Waals surface area contributed by atoms with Gasteiger partial charge < -0.3 is 0 Å². The molecule has 5 heteroatoms. The summed E-state index contributed by atoms with van der Waals surface area (Å²) in [5.41, 5.74) is -0.0874. The summed E-state index contributed by atoms with van der Waals surface area (Å²) in [6, 6.07) is 1.37. The average Bonchev–Trinajstić information content (AvgIpc) is 2.54. The van der Waals surface area contributed by atoms with Gasteiger partial charge in [0.05, 0.1) is 0 Å². The molecule has 0 saturated carbocycles. The molecular formula is C17H30F2N2Sn. The van der Waals surface area contributed by atoms with Crippen molar-refractivity contribution < 1.29 is 8.78 Å². The Morgan fingerprint density at radius 1 is 0.955 bits per heavy atom. The number of rotatable bonds is 11. The minimum absolute atomic E-state index is 0.0874. The number of nitrogens with zero attached hydrogens (tertiary/aromatic N) is 2. The topological polar surface area (TPSA) is 25.8 Å². The zero-order chi connectivity index (χ0) is 16.4. The van der Waals surface area contributed by atoms with Crippen molar-refractivity contribution in [1.82, 2.24) is 9.97 Å². The van der Waals surface area contributed by atoms with Crippen LogP contribution in [0.1, 0.15) is 71.4 Å². The van der Waals surface area contributed by atoms with Gasteiger partial charge in [0.2, 0.25) is 0 Å². The third-order valence-electron chi connectivity index (χ3n) is 4.40. The number of alkyl halides is 2. The van der Waals surface area contributed by atoms with Gasteiger partial charge in [-0.2, -0.15) is 0 Å². The summed E-state index contributed by atoms with van der Waals surface area (Å²) < 4.78 is 30.5. The third kappa shape index (κ3) is 5.74. The van der Waals surface area contributed by atoms with Gasteiger partial charge in [-0.1, -0.05) is 0 Å². The summed E-state index contributed by atoms with van der Waals surface area (Å²) in [6.45, 7) is 6.60. The van der Waals surface area contributed by atoms with Crippen molar-refractivity contribution in [1.29, 1.82) is 0 Å². The Morgan fingerprint density at radius 2 is 1.45 bits per heavy atom. The van der Waals surface area contributed by atoms with Crippen LogP contribution in [-0.2, 0) is 0 Å². The second-order valence-electron chi connectivity index (χ2n) is 6.20. The molecule has 0 atom stereocenters. The molecule has 1 aromatic rings. The first-order valence-corrected chi connectivity index (χ1v) is 16.2. The standard InChI is InChI=1S/C5H3F2N2.3C4H9.Sn/c6-5(7)4-1-2-8-3-9-4;3*1-3-4-2;/h1-2,5H;3*1,3-4H2,2H3;. The second-order valence-corrected chi connectivity index (χ2v) is 19.1. The van der Waals surface area contributed by atoms with Gasteiger partial charge in [-0.15, -0.1) is 0 Å². The maximum atomic E-state index is 13.0. The van der Waals surface area contributed by atoms with E-state index in [-0.39, 0.29) is 5.69 Å². The molecule has 0 bridgehead atoms. The van der Waals surface area contributed by atoms with E-state index in [1.165, 1.54) is 38.6 Å². The Morgan fingerprint density at radius 3 is 1.86 bits per heavy atom. The van der Waals surface area contributed by atoms with Crippen molar-refractivity contribution in [3.63, 3.8) is 0 Å². The van der Waals surface area contributed by atoms with Gasteiger partial charge >= 0.3 is 138 Å². The molecule has 0 aliphatic rings. The molecule has 22 heavy (non-hydrogen) atoms. The van der Waals surface area contributed by atoms with E-state index in [0.717, 1.165) is 23.1 Å². The van der Waals surface area contributed by atoms with Crippen molar-refractivity contribution in [3.05, 3.63) is 18.0 Å². The molecule has 0 N–H and O–H groups in total. The van der Waals surface area contributed by atoms with E-state index < -0.39 is 24.8 Å². The van der Waals surface area contributed by atoms with Crippen LogP contribution in [-0.4, -0.2) is 28.3 Å². The molecule has 1 rings (SSSR count). The van der Waals surface area contributed by atoms with E-state index >= 15 is 0 Å². The number of aromatic nitrogens is 2. The minimum atomic E-state index is -2.76. The van der Waals surface area contributed by atoms with Gasteiger partial charge in [-0.05, 0) is 0 Å². The summed E-state index contributed by atoms with van der Waals surface area (Å²) in [6.07, 6.45) is 6.10. The molecule has 0 unspecified atom stereocenters. The van der Waals surface area contributed by atoms with Gasteiger partial charge in [0, 0.05) is 0 Å². The number of hydrogen-bond acceptors (Lipinski definition) is 2. The summed E-state index contributed by atoms with van der Waals surface area (Å²) >= 11 is -2.76. The molecule has 0 amide bonds. The zero-order valence-corrected chi connectivity index (χ0v) is 17.1. The fourth-order valence-electron chi connectivity index (χ4n) is 3.01. The van der Waals surface area contributed by atoms with Crippen LogP contribution in [0.15, 0.2) is 12.3 Å².